The molecule has 23 heavy (non-hydrogen) atoms. The molecule has 0 aliphatic carbocycles. The van der Waals surface area contributed by atoms with Crippen molar-refractivity contribution < 1.29 is 26.9 Å². The first-order chi connectivity index (χ1) is 10.7. The Bertz CT molecular complexity index is 755. The molecule has 11 heteroatoms. The predicted molar refractivity (Wildman–Crippen MR) is 77.0 cm³/mol. The molecule has 1 saturated heterocycles. The molecule has 2 rings (SSSR count). The molecular weight excluding hydrogens is 333 g/mol. The van der Waals surface area contributed by atoms with Crippen LogP contribution in [-0.2, 0) is 21.7 Å². The number of aromatic nitrogens is 1. The van der Waals surface area contributed by atoms with E-state index in [-0.39, 0.29) is 16.1 Å². The minimum absolute atomic E-state index is 0.166. The van der Waals surface area contributed by atoms with Crippen molar-refractivity contribution in [1.82, 2.24) is 13.8 Å². The minimum Gasteiger partial charge on any atom is -0.503 e. The van der Waals surface area contributed by atoms with Gasteiger partial charge in [0.2, 0.25) is 0 Å². The minimum atomic E-state index is -5.25. The van der Waals surface area contributed by atoms with Gasteiger partial charge in [-0.25, -0.2) is 4.79 Å². The maximum absolute atomic E-state index is 12.9. The highest BCUT2D eigenvalue weighted by Gasteiger charge is 2.23. The van der Waals surface area contributed by atoms with Gasteiger partial charge in [0.05, 0.1) is 7.11 Å². The number of nitrogens with zero attached hydrogens (tertiary/aromatic N) is 3. The number of hydrogen-bond acceptors (Lipinski definition) is 7. The number of amides is 1. The SMILES string of the molecule is COC(=O)N1CCN(Cc2ccn(S(=O)(=O)F)c(=O)c2O)CC1. The first-order valence-electron chi connectivity index (χ1n) is 6.68. The second-order valence-electron chi connectivity index (χ2n) is 4.97. The molecule has 0 bridgehead atoms. The molecule has 0 spiro atoms. The van der Waals surface area contributed by atoms with E-state index in [1.54, 1.807) is 0 Å². The van der Waals surface area contributed by atoms with Gasteiger partial charge in [-0.15, -0.1) is 0 Å². The number of piperazine rings is 1. The van der Waals surface area contributed by atoms with Crippen LogP contribution in [0.25, 0.3) is 0 Å². The first kappa shape index (κ1) is 17.2. The van der Waals surface area contributed by atoms with Crippen molar-refractivity contribution >= 4 is 16.5 Å². The molecule has 0 atom stereocenters. The quantitative estimate of drug-likeness (QED) is 0.733. The van der Waals surface area contributed by atoms with Gasteiger partial charge in [-0.3, -0.25) is 9.69 Å². The molecule has 1 aliphatic rings. The van der Waals surface area contributed by atoms with E-state index >= 15 is 0 Å². The van der Waals surface area contributed by atoms with Gasteiger partial charge in [-0.1, -0.05) is 3.89 Å². The zero-order chi connectivity index (χ0) is 17.2. The number of methoxy groups -OCH3 is 1. The predicted octanol–water partition coefficient (Wildman–Crippen LogP) is -0.500. The van der Waals surface area contributed by atoms with E-state index in [4.69, 9.17) is 0 Å². The van der Waals surface area contributed by atoms with Crippen molar-refractivity contribution in [2.24, 2.45) is 0 Å². The van der Waals surface area contributed by atoms with E-state index in [0.29, 0.717) is 26.2 Å². The number of aromatic hydroxyl groups is 1. The van der Waals surface area contributed by atoms with Crippen LogP contribution < -0.4 is 5.56 Å². The van der Waals surface area contributed by atoms with Gasteiger partial charge in [0.15, 0.2) is 5.75 Å². The molecule has 0 saturated carbocycles. The summed E-state index contributed by atoms with van der Waals surface area (Å²) in [5, 5.41) is 9.77. The molecular formula is C12H16FN3O6S. The van der Waals surface area contributed by atoms with Crippen molar-refractivity contribution in [2.75, 3.05) is 33.3 Å². The smallest absolute Gasteiger partial charge is 0.409 e. The van der Waals surface area contributed by atoms with Gasteiger partial charge in [0.25, 0.3) is 0 Å². The van der Waals surface area contributed by atoms with Gasteiger partial charge < -0.3 is 14.7 Å². The maximum Gasteiger partial charge on any atom is 0.409 e. The van der Waals surface area contributed by atoms with Crippen molar-refractivity contribution in [3.05, 3.63) is 28.2 Å². The van der Waals surface area contributed by atoms with Crippen molar-refractivity contribution in [1.29, 1.82) is 0 Å². The fourth-order valence-electron chi connectivity index (χ4n) is 2.30. The fourth-order valence-corrected chi connectivity index (χ4v) is 2.79. The van der Waals surface area contributed by atoms with Crippen LogP contribution in [0.4, 0.5) is 8.68 Å². The molecule has 1 fully saturated rings. The second kappa shape index (κ2) is 6.54. The third-order valence-electron chi connectivity index (χ3n) is 3.55. The van der Waals surface area contributed by atoms with Crippen molar-refractivity contribution in [3.63, 3.8) is 0 Å². The van der Waals surface area contributed by atoms with Gasteiger partial charge >= 0.3 is 22.1 Å². The van der Waals surface area contributed by atoms with E-state index in [9.17, 15) is 27.0 Å². The summed E-state index contributed by atoms with van der Waals surface area (Å²) in [6, 6.07) is 1.17. The largest absolute Gasteiger partial charge is 0.503 e. The second-order valence-corrected chi connectivity index (χ2v) is 6.18. The average molecular weight is 349 g/mol. The molecule has 0 unspecified atom stereocenters. The number of carbonyl (C=O) groups excluding carboxylic acids is 1. The van der Waals surface area contributed by atoms with Crippen LogP contribution >= 0.6 is 0 Å². The van der Waals surface area contributed by atoms with E-state index in [0.717, 1.165) is 6.20 Å². The van der Waals surface area contributed by atoms with E-state index in [1.165, 1.54) is 18.1 Å². The summed E-state index contributed by atoms with van der Waals surface area (Å²) in [6.07, 6.45) is 0.334. The van der Waals surface area contributed by atoms with Crippen LogP contribution in [-0.4, -0.2) is 66.7 Å². The van der Waals surface area contributed by atoms with Crippen molar-refractivity contribution in [2.45, 2.75) is 6.54 Å². The number of halogens is 1. The van der Waals surface area contributed by atoms with Crippen LogP contribution in [0.3, 0.4) is 0 Å². The zero-order valence-electron chi connectivity index (χ0n) is 12.3. The summed E-state index contributed by atoms with van der Waals surface area (Å²) in [6.45, 7) is 1.98. The summed E-state index contributed by atoms with van der Waals surface area (Å²) >= 11 is 0. The Morgan fingerprint density at radius 1 is 1.35 bits per heavy atom. The van der Waals surface area contributed by atoms with Crippen molar-refractivity contribution in [3.8, 4) is 5.75 Å². The number of carbonyl (C=O) groups is 1. The highest BCUT2D eigenvalue weighted by atomic mass is 32.3. The average Bonchev–Trinajstić information content (AvgIpc) is 2.50. The lowest BCUT2D eigenvalue weighted by Crippen LogP contribution is -2.48. The molecule has 1 amide bonds. The Morgan fingerprint density at radius 2 is 1.96 bits per heavy atom. The third kappa shape index (κ3) is 3.79. The lowest BCUT2D eigenvalue weighted by atomic mass is 10.2. The third-order valence-corrected chi connectivity index (χ3v) is 4.31. The summed E-state index contributed by atoms with van der Waals surface area (Å²) in [5.41, 5.74) is -1.15. The van der Waals surface area contributed by atoms with Gasteiger partial charge in [0.1, 0.15) is 0 Å². The Hall–Kier alpha value is -2.14. The van der Waals surface area contributed by atoms with Crippen LogP contribution in [0.1, 0.15) is 5.56 Å². The van der Waals surface area contributed by atoms with E-state index in [2.05, 4.69) is 4.74 Å². The Morgan fingerprint density at radius 3 is 2.48 bits per heavy atom. The van der Waals surface area contributed by atoms with Gasteiger partial charge in [-0.05, 0) is 6.07 Å². The Labute approximate surface area is 131 Å². The van der Waals surface area contributed by atoms with Gasteiger partial charge in [-0.2, -0.15) is 12.4 Å². The highest BCUT2D eigenvalue weighted by Crippen LogP contribution is 2.16. The zero-order valence-corrected chi connectivity index (χ0v) is 13.1. The van der Waals surface area contributed by atoms with E-state index in [1.807, 2.05) is 4.90 Å². The van der Waals surface area contributed by atoms with Crippen LogP contribution in [0, 0.1) is 0 Å². The first-order valence-corrected chi connectivity index (χ1v) is 8.02. The molecule has 0 radical (unpaired) electrons. The van der Waals surface area contributed by atoms with Crippen LogP contribution in [0.2, 0.25) is 0 Å². The molecule has 2 heterocycles. The lowest BCUT2D eigenvalue weighted by molar-refractivity contribution is 0.0886. The number of rotatable bonds is 3. The fraction of sp³-hybridized carbons (Fsp3) is 0.500. The number of pyridine rings is 1. The Balaban J connectivity index is 2.10. The summed E-state index contributed by atoms with van der Waals surface area (Å²) in [4.78, 5) is 26.4. The monoisotopic (exact) mass is 349 g/mol. The number of ether oxygens (including phenoxy) is 1. The molecule has 0 aromatic carbocycles. The van der Waals surface area contributed by atoms with Crippen LogP contribution in [0.15, 0.2) is 17.1 Å². The van der Waals surface area contributed by atoms with Gasteiger partial charge in [0, 0.05) is 44.5 Å². The normalized spacial score (nSPS) is 16.3. The molecule has 1 N–H and O–H groups in total. The Kier molecular flexibility index (Phi) is 4.90. The maximum atomic E-state index is 12.9. The summed E-state index contributed by atoms with van der Waals surface area (Å²) < 4.78 is 38.8. The lowest BCUT2D eigenvalue weighted by Gasteiger charge is -2.33. The molecule has 9 nitrogen and oxygen atoms in total. The molecule has 1 aliphatic heterocycles. The van der Waals surface area contributed by atoms with Crippen LogP contribution in [0.5, 0.6) is 5.75 Å². The topological polar surface area (TPSA) is 109 Å². The number of hydrogen-bond donors (Lipinski definition) is 1. The molecule has 1 aromatic rings. The molecule has 128 valence electrons. The summed E-state index contributed by atoms with van der Waals surface area (Å²) in [7, 11) is -3.96. The van der Waals surface area contributed by atoms with E-state index < -0.39 is 27.8 Å². The highest BCUT2D eigenvalue weighted by molar-refractivity contribution is 7.84. The standard InChI is InChI=1S/C12H16FN3O6S/c1-22-12(19)15-6-4-14(5-7-15)8-9-2-3-16(23(13,20)21)11(18)10(9)17/h2-3,17H,4-8H2,1H3. The summed E-state index contributed by atoms with van der Waals surface area (Å²) in [5.74, 6) is -0.816. The molecule has 1 aromatic heterocycles.